The number of rotatable bonds is 9. The first-order chi connectivity index (χ1) is 28.0. The van der Waals surface area contributed by atoms with Gasteiger partial charge in [0.1, 0.15) is 0 Å². The van der Waals surface area contributed by atoms with Crippen LogP contribution >= 0.6 is 11.6 Å². The van der Waals surface area contributed by atoms with E-state index in [1.54, 1.807) is 11.0 Å². The summed E-state index contributed by atoms with van der Waals surface area (Å²) >= 11 is 7.07. The molecule has 1 saturated heterocycles. The number of amides is 4. The molecule has 0 radical (unpaired) electrons. The second-order valence-electron chi connectivity index (χ2n) is 17.5. The van der Waals surface area contributed by atoms with Crippen molar-refractivity contribution in [3.8, 4) is 11.1 Å². The highest BCUT2D eigenvalue weighted by Crippen LogP contribution is 2.56. The van der Waals surface area contributed by atoms with Gasteiger partial charge in [-0.25, -0.2) is 14.8 Å². The molecule has 13 nitrogen and oxygen atoms in total. The molecule has 0 spiro atoms. The standard InChI is InChI=1S/C44H55ClN10O3/c1-27-30(6-4-8-32(27)49-41(56)39-48-35-26-55(22-15-37(35)52(39)3)29-12-20-54(21-13-29)43(46)58)31-7-5-9-33(38(31)45)50-42(57)40-47-34-25-53(19-14-36(34)51(40)2)23-18-44-16-10-28(24-44)11-17-44/h4-9,28-29H,10-26H2,1-3H3,(H2,46,58)(H,49,56)(H,50,57). The van der Waals surface area contributed by atoms with E-state index in [9.17, 15) is 14.4 Å². The zero-order valence-corrected chi connectivity index (χ0v) is 34.7. The van der Waals surface area contributed by atoms with E-state index in [2.05, 4.69) is 20.4 Å². The van der Waals surface area contributed by atoms with Crippen LogP contribution in [0.15, 0.2) is 36.4 Å². The number of urea groups is 1. The summed E-state index contributed by atoms with van der Waals surface area (Å²) < 4.78 is 3.85. The molecule has 3 aliphatic heterocycles. The first kappa shape index (κ1) is 38.8. The van der Waals surface area contributed by atoms with Crippen LogP contribution in [0.4, 0.5) is 16.2 Å². The molecule has 2 aliphatic carbocycles. The van der Waals surface area contributed by atoms with Gasteiger partial charge in [0, 0.05) is 94.9 Å². The Bertz CT molecular complexity index is 2260. The molecule has 2 aromatic carbocycles. The molecule has 2 saturated carbocycles. The summed E-state index contributed by atoms with van der Waals surface area (Å²) in [5.74, 6) is 1.13. The molecule has 3 fully saturated rings. The molecule has 4 aromatic rings. The number of benzene rings is 2. The molecule has 4 N–H and O–H groups in total. The predicted octanol–water partition coefficient (Wildman–Crippen LogP) is 6.52. The maximum atomic E-state index is 13.8. The number of aromatic nitrogens is 4. The van der Waals surface area contributed by atoms with E-state index in [1.807, 2.05) is 60.5 Å². The number of primary amides is 1. The van der Waals surface area contributed by atoms with Crippen molar-refractivity contribution in [3.05, 3.63) is 81.4 Å². The molecule has 0 unspecified atom stereocenters. The molecule has 9 rings (SSSR count). The van der Waals surface area contributed by atoms with Crippen molar-refractivity contribution in [2.75, 3.05) is 43.4 Å². The van der Waals surface area contributed by atoms with Crippen LogP contribution in [-0.2, 0) is 40.0 Å². The summed E-state index contributed by atoms with van der Waals surface area (Å²) in [4.78, 5) is 55.6. The number of likely N-dealkylation sites (tertiary alicyclic amines) is 1. The summed E-state index contributed by atoms with van der Waals surface area (Å²) in [6.45, 7) is 7.68. The zero-order chi connectivity index (χ0) is 40.3. The second kappa shape index (κ2) is 15.5. The van der Waals surface area contributed by atoms with Crippen LogP contribution < -0.4 is 16.4 Å². The molecule has 306 valence electrons. The Labute approximate surface area is 345 Å². The van der Waals surface area contributed by atoms with Crippen LogP contribution in [-0.4, -0.2) is 90.4 Å². The number of carbonyl (C=O) groups excluding carboxylic acids is 3. The van der Waals surface area contributed by atoms with Crippen molar-refractivity contribution < 1.29 is 14.4 Å². The molecule has 5 heterocycles. The number of hydrogen-bond acceptors (Lipinski definition) is 7. The smallest absolute Gasteiger partial charge is 0.314 e. The van der Waals surface area contributed by atoms with E-state index in [-0.39, 0.29) is 17.8 Å². The number of nitrogens with one attached hydrogen (secondary N) is 2. The molecule has 2 bridgehead atoms. The van der Waals surface area contributed by atoms with E-state index in [0.717, 1.165) is 97.2 Å². The van der Waals surface area contributed by atoms with Gasteiger partial charge in [0.2, 0.25) is 0 Å². The number of hydrogen-bond donors (Lipinski definition) is 3. The van der Waals surface area contributed by atoms with Gasteiger partial charge in [0.15, 0.2) is 11.6 Å². The lowest BCUT2D eigenvalue weighted by Crippen LogP contribution is -2.49. The fraction of sp³-hybridized carbons (Fsp3) is 0.523. The van der Waals surface area contributed by atoms with E-state index in [0.29, 0.717) is 59.1 Å². The van der Waals surface area contributed by atoms with Crippen LogP contribution in [0.5, 0.6) is 0 Å². The highest BCUT2D eigenvalue weighted by Gasteiger charge is 2.44. The summed E-state index contributed by atoms with van der Waals surface area (Å²) in [7, 11) is 3.83. The first-order valence-corrected chi connectivity index (χ1v) is 21.5. The van der Waals surface area contributed by atoms with E-state index < -0.39 is 0 Å². The monoisotopic (exact) mass is 806 g/mol. The Morgan fingerprint density at radius 1 is 0.810 bits per heavy atom. The summed E-state index contributed by atoms with van der Waals surface area (Å²) in [6, 6.07) is 11.3. The quantitative estimate of drug-likeness (QED) is 0.175. The van der Waals surface area contributed by atoms with Crippen LogP contribution in [0.3, 0.4) is 0 Å². The van der Waals surface area contributed by atoms with Crippen molar-refractivity contribution in [1.82, 2.24) is 33.8 Å². The van der Waals surface area contributed by atoms with Crippen molar-refractivity contribution in [2.24, 2.45) is 31.2 Å². The minimum absolute atomic E-state index is 0.285. The molecule has 58 heavy (non-hydrogen) atoms. The Morgan fingerprint density at radius 3 is 2.05 bits per heavy atom. The Morgan fingerprint density at radius 2 is 1.41 bits per heavy atom. The number of anilines is 2. The van der Waals surface area contributed by atoms with Gasteiger partial charge < -0.3 is 30.4 Å². The van der Waals surface area contributed by atoms with Crippen LogP contribution in [0.2, 0.25) is 5.02 Å². The molecule has 4 amide bonds. The van der Waals surface area contributed by atoms with Gasteiger partial charge in [-0.2, -0.15) is 0 Å². The van der Waals surface area contributed by atoms with Gasteiger partial charge in [-0.15, -0.1) is 0 Å². The van der Waals surface area contributed by atoms with Crippen LogP contribution in [0, 0.1) is 18.3 Å². The average molecular weight is 807 g/mol. The summed E-state index contributed by atoms with van der Waals surface area (Å²) in [6.07, 6.45) is 11.7. The maximum absolute atomic E-state index is 13.8. The Hall–Kier alpha value is -4.72. The fourth-order valence-electron chi connectivity index (χ4n) is 10.8. The van der Waals surface area contributed by atoms with Crippen LogP contribution in [0.1, 0.15) is 101 Å². The van der Waals surface area contributed by atoms with Crippen molar-refractivity contribution >= 4 is 40.8 Å². The van der Waals surface area contributed by atoms with Crippen molar-refractivity contribution in [3.63, 3.8) is 0 Å². The van der Waals surface area contributed by atoms with Crippen LogP contribution in [0.25, 0.3) is 11.1 Å². The third kappa shape index (κ3) is 7.19. The minimum Gasteiger partial charge on any atom is -0.351 e. The third-order valence-corrected chi connectivity index (χ3v) is 14.7. The predicted molar refractivity (Wildman–Crippen MR) is 225 cm³/mol. The molecule has 5 aliphatic rings. The lowest BCUT2D eigenvalue weighted by Gasteiger charge is -2.39. The lowest BCUT2D eigenvalue weighted by molar-refractivity contribution is 0.100. The molecular formula is C44H55ClN10O3. The molecule has 0 atom stereocenters. The lowest BCUT2D eigenvalue weighted by atomic mass is 9.81. The van der Waals surface area contributed by atoms with E-state index in [1.165, 1.54) is 38.5 Å². The van der Waals surface area contributed by atoms with Gasteiger partial charge in [0.05, 0.1) is 22.1 Å². The zero-order valence-electron chi connectivity index (χ0n) is 34.0. The summed E-state index contributed by atoms with van der Waals surface area (Å²) in [5, 5.41) is 6.58. The fourth-order valence-corrected chi connectivity index (χ4v) is 11.1. The molecule has 14 heteroatoms. The van der Waals surface area contributed by atoms with Gasteiger partial charge in [-0.1, -0.05) is 35.9 Å². The maximum Gasteiger partial charge on any atom is 0.314 e. The minimum atomic E-state index is -0.360. The number of halogens is 1. The van der Waals surface area contributed by atoms with E-state index in [4.69, 9.17) is 27.3 Å². The topological polar surface area (TPSA) is 147 Å². The Kier molecular flexibility index (Phi) is 10.3. The number of nitrogens with two attached hydrogens (primary N) is 1. The third-order valence-electron chi connectivity index (χ3n) is 14.3. The van der Waals surface area contributed by atoms with Gasteiger partial charge in [-0.3, -0.25) is 19.4 Å². The highest BCUT2D eigenvalue weighted by atomic mass is 35.5. The van der Waals surface area contributed by atoms with Crippen molar-refractivity contribution in [1.29, 1.82) is 0 Å². The average Bonchev–Trinajstić information content (AvgIpc) is 4.00. The first-order valence-electron chi connectivity index (χ1n) is 21.1. The number of piperidine rings is 1. The largest absolute Gasteiger partial charge is 0.351 e. The summed E-state index contributed by atoms with van der Waals surface area (Å²) in [5.41, 5.74) is 13.7. The molecular weight excluding hydrogens is 752 g/mol. The number of imidazole rings is 2. The number of carbonyl (C=O) groups is 3. The number of fused-ring (bicyclic) bond motifs is 4. The van der Waals surface area contributed by atoms with Gasteiger partial charge >= 0.3 is 6.03 Å². The molecule has 2 aromatic heterocycles. The second-order valence-corrected chi connectivity index (χ2v) is 17.9. The highest BCUT2D eigenvalue weighted by molar-refractivity contribution is 6.36. The van der Waals surface area contributed by atoms with Crippen molar-refractivity contribution in [2.45, 2.75) is 90.3 Å². The van der Waals surface area contributed by atoms with Gasteiger partial charge in [0.25, 0.3) is 11.8 Å². The Balaban J connectivity index is 0.861. The number of nitrogens with zero attached hydrogens (tertiary/aromatic N) is 7. The van der Waals surface area contributed by atoms with E-state index >= 15 is 0 Å². The van der Waals surface area contributed by atoms with Gasteiger partial charge in [-0.05, 0) is 99.4 Å². The SMILES string of the molecule is Cc1c(NC(=O)c2nc3c(n2C)CCN(C2CCN(C(N)=O)CC2)C3)cccc1-c1cccc(NC(=O)c2nc3c(n2C)CCN(CCC24CCC(CC2)C4)C3)c1Cl. The normalized spacial score (nSPS) is 22.2.